The average Bonchev–Trinajstić information content (AvgIpc) is 2.39. The van der Waals surface area contributed by atoms with Gasteiger partial charge in [0.05, 0.1) is 0 Å². The summed E-state index contributed by atoms with van der Waals surface area (Å²) in [5, 5.41) is 0. The van der Waals surface area contributed by atoms with Crippen molar-refractivity contribution in [1.82, 2.24) is 0 Å². The van der Waals surface area contributed by atoms with Gasteiger partial charge in [0.25, 0.3) is 0 Å². The second kappa shape index (κ2) is 9.47. The van der Waals surface area contributed by atoms with Gasteiger partial charge in [-0.2, -0.15) is 0 Å². The maximum atomic E-state index is 4.98. The van der Waals surface area contributed by atoms with Gasteiger partial charge in [-0.15, -0.1) is 0 Å². The van der Waals surface area contributed by atoms with Crippen molar-refractivity contribution in [2.75, 3.05) is 13.7 Å². The Balaban J connectivity index is 2.29. The third-order valence-corrected chi connectivity index (χ3v) is 4.98. The van der Waals surface area contributed by atoms with Crippen LogP contribution in [-0.4, -0.2) is 28.7 Å². The van der Waals surface area contributed by atoms with Crippen LogP contribution in [0, 0.1) is 0 Å². The number of hydrogen-bond acceptors (Lipinski definition) is 1. The van der Waals surface area contributed by atoms with Gasteiger partial charge in [0, 0.05) is 0 Å². The molecule has 0 N–H and O–H groups in total. The monoisotopic (exact) mass is 298 g/mol. The zero-order chi connectivity index (χ0) is 12.3. The summed E-state index contributed by atoms with van der Waals surface area (Å²) >= 11 is 0.692. The van der Waals surface area contributed by atoms with Crippen LogP contribution in [0.25, 0.3) is 0 Å². The summed E-state index contributed by atoms with van der Waals surface area (Å²) in [5.41, 5.74) is 1.51. The van der Waals surface area contributed by atoms with Gasteiger partial charge in [-0.05, 0) is 0 Å². The Hall–Kier alpha value is -0.561. The Morgan fingerprint density at radius 2 is 2.00 bits per heavy atom. The Morgan fingerprint density at radius 3 is 2.65 bits per heavy atom. The van der Waals surface area contributed by atoms with Crippen LogP contribution >= 0.6 is 0 Å². The van der Waals surface area contributed by atoms with Crippen molar-refractivity contribution in [2.24, 2.45) is 0 Å². The van der Waals surface area contributed by atoms with Gasteiger partial charge >= 0.3 is 111 Å². The summed E-state index contributed by atoms with van der Waals surface area (Å²) in [5.74, 6) is 2.34. The van der Waals surface area contributed by atoms with E-state index in [-0.39, 0.29) is 0 Å². The third kappa shape index (κ3) is 6.07. The van der Waals surface area contributed by atoms with Crippen molar-refractivity contribution in [3.05, 3.63) is 48.0 Å². The molecule has 0 aliphatic rings. The minimum absolute atomic E-state index is 0.692. The molecule has 0 spiro atoms. The fraction of sp³-hybridized carbons (Fsp3) is 0.467. The van der Waals surface area contributed by atoms with Crippen LogP contribution in [0.1, 0.15) is 29.6 Å². The molecular formula is C15H22OSe. The quantitative estimate of drug-likeness (QED) is 0.402. The SMILES string of the molecule is COC/C=C\CCCC([Se]C)c1ccccc1. The molecule has 0 aromatic heterocycles. The molecule has 2 heteroatoms. The Kier molecular flexibility index (Phi) is 8.08. The van der Waals surface area contributed by atoms with E-state index in [1.807, 2.05) is 0 Å². The molecule has 1 atom stereocenters. The number of hydrogen-bond donors (Lipinski definition) is 0. The molecule has 17 heavy (non-hydrogen) atoms. The van der Waals surface area contributed by atoms with E-state index < -0.39 is 0 Å². The number of benzene rings is 1. The maximum absolute atomic E-state index is 4.98. The van der Waals surface area contributed by atoms with Crippen molar-refractivity contribution >= 4 is 15.0 Å². The standard InChI is InChI=1S/C15H22OSe/c1-16-13-9-4-3-8-12-15(17-2)14-10-6-5-7-11-14/h4-7,9-11,15H,3,8,12-13H2,1-2H3/b9-4-. The van der Waals surface area contributed by atoms with Crippen LogP contribution in [0.5, 0.6) is 0 Å². The zero-order valence-electron chi connectivity index (χ0n) is 10.8. The summed E-state index contributed by atoms with van der Waals surface area (Å²) in [6, 6.07) is 10.9. The molecule has 1 aromatic carbocycles. The van der Waals surface area contributed by atoms with E-state index in [1.165, 1.54) is 24.8 Å². The van der Waals surface area contributed by atoms with Gasteiger partial charge in [-0.1, -0.05) is 0 Å². The number of unbranched alkanes of at least 4 members (excludes halogenated alkanes) is 1. The van der Waals surface area contributed by atoms with Crippen molar-refractivity contribution in [2.45, 2.75) is 29.9 Å². The topological polar surface area (TPSA) is 9.23 Å². The molecule has 0 aliphatic carbocycles. The molecule has 0 fully saturated rings. The van der Waals surface area contributed by atoms with Crippen LogP contribution < -0.4 is 0 Å². The first-order valence-electron chi connectivity index (χ1n) is 6.10. The van der Waals surface area contributed by atoms with Gasteiger partial charge in [-0.3, -0.25) is 0 Å². The molecular weight excluding hydrogens is 275 g/mol. The van der Waals surface area contributed by atoms with E-state index in [0.29, 0.717) is 15.0 Å². The predicted octanol–water partition coefficient (Wildman–Crippen LogP) is 3.85. The van der Waals surface area contributed by atoms with Crippen LogP contribution in [0.15, 0.2) is 42.5 Å². The van der Waals surface area contributed by atoms with Crippen LogP contribution in [0.4, 0.5) is 0 Å². The molecule has 0 saturated carbocycles. The third-order valence-electron chi connectivity index (χ3n) is 2.72. The van der Waals surface area contributed by atoms with E-state index in [9.17, 15) is 0 Å². The second-order valence-electron chi connectivity index (χ2n) is 3.99. The first kappa shape index (κ1) is 14.5. The first-order valence-corrected chi connectivity index (χ1v) is 8.80. The molecule has 0 saturated heterocycles. The van der Waals surface area contributed by atoms with Crippen LogP contribution in [0.2, 0.25) is 5.82 Å². The van der Waals surface area contributed by atoms with Gasteiger partial charge in [0.15, 0.2) is 0 Å². The molecule has 0 amide bonds. The number of allylic oxidation sites excluding steroid dienone is 1. The Morgan fingerprint density at radius 1 is 1.24 bits per heavy atom. The van der Waals surface area contributed by atoms with E-state index in [4.69, 9.17) is 4.74 Å². The number of methoxy groups -OCH3 is 1. The summed E-state index contributed by atoms with van der Waals surface area (Å²) in [6.45, 7) is 0.736. The minimum atomic E-state index is 0.692. The van der Waals surface area contributed by atoms with Crippen molar-refractivity contribution in [3.63, 3.8) is 0 Å². The van der Waals surface area contributed by atoms with Crippen molar-refractivity contribution < 1.29 is 4.74 Å². The van der Waals surface area contributed by atoms with Gasteiger partial charge in [0.2, 0.25) is 0 Å². The molecule has 0 heterocycles. The number of rotatable bonds is 8. The zero-order valence-corrected chi connectivity index (χ0v) is 12.5. The Labute approximate surface area is 111 Å². The Bertz CT molecular complexity index is 308. The molecule has 94 valence electrons. The molecule has 0 bridgehead atoms. The molecule has 1 rings (SSSR count). The summed E-state index contributed by atoms with van der Waals surface area (Å²) in [4.78, 5) is 0.777. The predicted molar refractivity (Wildman–Crippen MR) is 75.7 cm³/mol. The normalized spacial score (nSPS) is 13.1. The van der Waals surface area contributed by atoms with Crippen LogP contribution in [-0.2, 0) is 4.74 Å². The molecule has 0 aliphatic heterocycles. The van der Waals surface area contributed by atoms with Gasteiger partial charge in [-0.25, -0.2) is 0 Å². The van der Waals surface area contributed by atoms with Crippen molar-refractivity contribution in [3.8, 4) is 0 Å². The van der Waals surface area contributed by atoms with E-state index in [2.05, 4.69) is 48.3 Å². The summed E-state index contributed by atoms with van der Waals surface area (Å²) in [7, 11) is 1.73. The van der Waals surface area contributed by atoms with E-state index in [0.717, 1.165) is 11.4 Å². The molecule has 0 radical (unpaired) electrons. The van der Waals surface area contributed by atoms with Gasteiger partial charge < -0.3 is 0 Å². The molecule has 1 unspecified atom stereocenters. The fourth-order valence-electron chi connectivity index (χ4n) is 1.79. The second-order valence-corrected chi connectivity index (χ2v) is 6.18. The fourth-order valence-corrected chi connectivity index (χ4v) is 3.54. The summed E-state index contributed by atoms with van der Waals surface area (Å²) < 4.78 is 4.98. The van der Waals surface area contributed by atoms with Crippen LogP contribution in [0.3, 0.4) is 0 Å². The van der Waals surface area contributed by atoms with E-state index in [1.54, 1.807) is 7.11 Å². The van der Waals surface area contributed by atoms with Gasteiger partial charge in [0.1, 0.15) is 0 Å². The van der Waals surface area contributed by atoms with E-state index >= 15 is 0 Å². The van der Waals surface area contributed by atoms with Crippen molar-refractivity contribution in [1.29, 1.82) is 0 Å². The number of ether oxygens (including phenoxy) is 1. The molecule has 1 nitrogen and oxygen atoms in total. The molecule has 1 aromatic rings. The average molecular weight is 297 g/mol. The first-order chi connectivity index (χ1) is 8.38. The summed E-state index contributed by atoms with van der Waals surface area (Å²) in [6.07, 6.45) is 8.08.